The van der Waals surface area contributed by atoms with Crippen LogP contribution < -0.4 is 5.32 Å². The number of carbonyl (C=O) groups excluding carboxylic acids is 1. The second-order valence-electron chi connectivity index (χ2n) is 5.55. The van der Waals surface area contributed by atoms with E-state index in [0.717, 1.165) is 25.7 Å². The number of carbonyl (C=O) groups is 1. The number of nitrogens with one attached hydrogen (secondary N) is 1. The molecular formula is C17H19N3O2. The third-order valence-electron chi connectivity index (χ3n) is 4.01. The molecule has 0 spiro atoms. The van der Waals surface area contributed by atoms with Crippen LogP contribution in [0.4, 0.5) is 0 Å². The van der Waals surface area contributed by atoms with Gasteiger partial charge >= 0.3 is 0 Å². The van der Waals surface area contributed by atoms with Crippen molar-refractivity contribution in [3.63, 3.8) is 0 Å². The average Bonchev–Trinajstić information content (AvgIpc) is 2.58. The molecule has 0 bridgehead atoms. The Bertz CT molecular complexity index is 645. The van der Waals surface area contributed by atoms with E-state index >= 15 is 0 Å². The summed E-state index contributed by atoms with van der Waals surface area (Å²) in [5.41, 5.74) is 1.71. The van der Waals surface area contributed by atoms with Gasteiger partial charge in [-0.1, -0.05) is 18.9 Å². The first kappa shape index (κ1) is 14.7. The standard InChI is InChI=1S/C17H19N3O2/c21-15-9-2-1-7-13(15)20-17(22)12-6-5-11-19-16(12)14-8-3-4-10-18-14/h3-6,8,10-11,13,15,21H,1-2,7,9H2,(H,20,22)/t13-,15+/m0/s1. The zero-order chi connectivity index (χ0) is 15.4. The Morgan fingerprint density at radius 1 is 1.09 bits per heavy atom. The van der Waals surface area contributed by atoms with Crippen LogP contribution in [0.2, 0.25) is 0 Å². The average molecular weight is 297 g/mol. The Morgan fingerprint density at radius 2 is 1.91 bits per heavy atom. The highest BCUT2D eigenvalue weighted by Crippen LogP contribution is 2.21. The molecule has 2 heterocycles. The highest BCUT2D eigenvalue weighted by atomic mass is 16.3. The SMILES string of the molecule is O=C(N[C@H]1CCCC[C@H]1O)c1cccnc1-c1ccccn1. The van der Waals surface area contributed by atoms with Crippen molar-refractivity contribution in [1.82, 2.24) is 15.3 Å². The first-order valence-corrected chi connectivity index (χ1v) is 7.61. The molecular weight excluding hydrogens is 278 g/mol. The fourth-order valence-electron chi connectivity index (χ4n) is 2.82. The number of rotatable bonds is 3. The van der Waals surface area contributed by atoms with E-state index in [1.54, 1.807) is 24.5 Å². The number of nitrogens with zero attached hydrogens (tertiary/aromatic N) is 2. The summed E-state index contributed by atoms with van der Waals surface area (Å²) in [6.07, 6.45) is 6.46. The maximum Gasteiger partial charge on any atom is 0.253 e. The van der Waals surface area contributed by atoms with Gasteiger partial charge in [-0.2, -0.15) is 0 Å². The number of amides is 1. The van der Waals surface area contributed by atoms with Gasteiger partial charge in [-0.3, -0.25) is 14.8 Å². The van der Waals surface area contributed by atoms with E-state index in [-0.39, 0.29) is 11.9 Å². The zero-order valence-electron chi connectivity index (χ0n) is 12.3. The maximum atomic E-state index is 12.6. The Labute approximate surface area is 129 Å². The monoisotopic (exact) mass is 297 g/mol. The van der Waals surface area contributed by atoms with Crippen molar-refractivity contribution >= 4 is 5.91 Å². The van der Waals surface area contributed by atoms with Crippen LogP contribution in [0.3, 0.4) is 0 Å². The van der Waals surface area contributed by atoms with Crippen molar-refractivity contribution < 1.29 is 9.90 Å². The number of hydrogen-bond acceptors (Lipinski definition) is 4. The molecule has 22 heavy (non-hydrogen) atoms. The molecule has 5 heteroatoms. The number of aliphatic hydroxyl groups is 1. The first-order chi connectivity index (χ1) is 10.8. The predicted molar refractivity (Wildman–Crippen MR) is 83.2 cm³/mol. The number of aromatic nitrogens is 2. The summed E-state index contributed by atoms with van der Waals surface area (Å²) in [7, 11) is 0. The molecule has 0 aromatic carbocycles. The molecule has 114 valence electrons. The molecule has 1 amide bonds. The molecule has 0 unspecified atom stereocenters. The highest BCUT2D eigenvalue weighted by molar-refractivity contribution is 5.99. The lowest BCUT2D eigenvalue weighted by molar-refractivity contribution is 0.0717. The number of aliphatic hydroxyl groups excluding tert-OH is 1. The normalized spacial score (nSPS) is 21.3. The van der Waals surface area contributed by atoms with Crippen molar-refractivity contribution in [2.24, 2.45) is 0 Å². The van der Waals surface area contributed by atoms with Crippen molar-refractivity contribution in [2.75, 3.05) is 0 Å². The fourth-order valence-corrected chi connectivity index (χ4v) is 2.82. The van der Waals surface area contributed by atoms with Gasteiger partial charge in [0.2, 0.25) is 0 Å². The van der Waals surface area contributed by atoms with Gasteiger partial charge in [0.05, 0.1) is 23.4 Å². The molecule has 2 N–H and O–H groups in total. The molecule has 2 aromatic rings. The Balaban J connectivity index is 1.84. The minimum Gasteiger partial charge on any atom is -0.391 e. The molecule has 5 nitrogen and oxygen atoms in total. The van der Waals surface area contributed by atoms with Crippen LogP contribution in [0.15, 0.2) is 42.7 Å². The van der Waals surface area contributed by atoms with Gasteiger partial charge in [0.1, 0.15) is 5.69 Å². The Hall–Kier alpha value is -2.27. The lowest BCUT2D eigenvalue weighted by Crippen LogP contribution is -2.45. The summed E-state index contributed by atoms with van der Waals surface area (Å²) in [6, 6.07) is 8.81. The van der Waals surface area contributed by atoms with Gasteiger partial charge in [-0.15, -0.1) is 0 Å². The minimum absolute atomic E-state index is 0.182. The molecule has 1 aliphatic rings. The molecule has 1 aliphatic carbocycles. The molecule has 2 aromatic heterocycles. The van der Waals surface area contributed by atoms with Crippen LogP contribution in [-0.4, -0.2) is 33.1 Å². The molecule has 1 fully saturated rings. The van der Waals surface area contributed by atoms with E-state index in [0.29, 0.717) is 17.0 Å². The largest absolute Gasteiger partial charge is 0.391 e. The molecule has 1 saturated carbocycles. The molecule has 3 rings (SSSR count). The third-order valence-corrected chi connectivity index (χ3v) is 4.01. The van der Waals surface area contributed by atoms with Gasteiger partial charge in [0, 0.05) is 12.4 Å². The van der Waals surface area contributed by atoms with Gasteiger partial charge in [-0.25, -0.2) is 0 Å². The van der Waals surface area contributed by atoms with Crippen LogP contribution in [0, 0.1) is 0 Å². The van der Waals surface area contributed by atoms with Crippen molar-refractivity contribution in [2.45, 2.75) is 37.8 Å². The first-order valence-electron chi connectivity index (χ1n) is 7.61. The van der Waals surface area contributed by atoms with Gasteiger partial charge in [-0.05, 0) is 37.1 Å². The molecule has 0 saturated heterocycles. The number of hydrogen-bond donors (Lipinski definition) is 2. The summed E-state index contributed by atoms with van der Waals surface area (Å²) in [5, 5.41) is 12.9. The fraction of sp³-hybridized carbons (Fsp3) is 0.353. The zero-order valence-corrected chi connectivity index (χ0v) is 12.3. The summed E-state index contributed by atoms with van der Waals surface area (Å²) < 4.78 is 0. The lowest BCUT2D eigenvalue weighted by atomic mass is 9.92. The van der Waals surface area contributed by atoms with E-state index < -0.39 is 6.10 Å². The van der Waals surface area contributed by atoms with Crippen LogP contribution in [0.1, 0.15) is 36.0 Å². The summed E-state index contributed by atoms with van der Waals surface area (Å²) in [5.74, 6) is -0.209. The Morgan fingerprint density at radius 3 is 2.68 bits per heavy atom. The van der Waals surface area contributed by atoms with Crippen molar-refractivity contribution in [3.05, 3.63) is 48.3 Å². The minimum atomic E-state index is -0.465. The van der Waals surface area contributed by atoms with E-state index in [9.17, 15) is 9.90 Å². The van der Waals surface area contributed by atoms with E-state index in [4.69, 9.17) is 0 Å². The predicted octanol–water partition coefficient (Wildman–Crippen LogP) is 2.18. The van der Waals surface area contributed by atoms with Crippen molar-refractivity contribution in [3.8, 4) is 11.4 Å². The van der Waals surface area contributed by atoms with Crippen LogP contribution in [-0.2, 0) is 0 Å². The van der Waals surface area contributed by atoms with Crippen LogP contribution in [0.5, 0.6) is 0 Å². The summed E-state index contributed by atoms with van der Waals surface area (Å²) in [4.78, 5) is 21.1. The summed E-state index contributed by atoms with van der Waals surface area (Å²) >= 11 is 0. The second kappa shape index (κ2) is 6.66. The topological polar surface area (TPSA) is 75.1 Å². The van der Waals surface area contributed by atoms with E-state index in [1.807, 2.05) is 18.2 Å². The van der Waals surface area contributed by atoms with E-state index in [1.165, 1.54) is 0 Å². The molecule has 0 aliphatic heterocycles. The van der Waals surface area contributed by atoms with Crippen LogP contribution in [0.25, 0.3) is 11.4 Å². The molecule has 0 radical (unpaired) electrons. The van der Waals surface area contributed by atoms with E-state index in [2.05, 4.69) is 15.3 Å². The quantitative estimate of drug-likeness (QED) is 0.910. The second-order valence-corrected chi connectivity index (χ2v) is 5.55. The summed E-state index contributed by atoms with van der Waals surface area (Å²) in [6.45, 7) is 0. The van der Waals surface area contributed by atoms with Crippen LogP contribution >= 0.6 is 0 Å². The smallest absolute Gasteiger partial charge is 0.253 e. The number of pyridine rings is 2. The van der Waals surface area contributed by atoms with Gasteiger partial charge < -0.3 is 10.4 Å². The van der Waals surface area contributed by atoms with Gasteiger partial charge in [0.15, 0.2) is 0 Å². The third kappa shape index (κ3) is 3.14. The highest BCUT2D eigenvalue weighted by Gasteiger charge is 2.26. The van der Waals surface area contributed by atoms with Gasteiger partial charge in [0.25, 0.3) is 5.91 Å². The Kier molecular flexibility index (Phi) is 4.44. The lowest BCUT2D eigenvalue weighted by Gasteiger charge is -2.28. The van der Waals surface area contributed by atoms with Crippen molar-refractivity contribution in [1.29, 1.82) is 0 Å². The maximum absolute atomic E-state index is 12.6. The molecule has 2 atom stereocenters.